The minimum Gasteiger partial charge on any atom is -0.364 e. The monoisotopic (exact) mass is 242 g/mol. The largest absolute Gasteiger partial charge is 0.364 e. The van der Waals surface area contributed by atoms with E-state index in [2.05, 4.69) is 0 Å². The van der Waals surface area contributed by atoms with Gasteiger partial charge in [-0.2, -0.15) is 0 Å². The van der Waals surface area contributed by atoms with Crippen LogP contribution in [-0.2, 0) is 7.05 Å². The molecule has 2 N–H and O–H groups in total. The third kappa shape index (κ3) is 3.26. The lowest BCUT2D eigenvalue weighted by Gasteiger charge is -2.03. The molecule has 0 aliphatic carbocycles. The standard InChI is InChI=1S/C15H16NO2/c1-16-10-8-13(9-11-16)3-2-12-4-6-14(7-5-12)15(17)18/h2-11,15,17-18H,1H3/q+1. The van der Waals surface area contributed by atoms with Gasteiger partial charge in [0.2, 0.25) is 0 Å². The topological polar surface area (TPSA) is 44.3 Å². The van der Waals surface area contributed by atoms with Crippen molar-refractivity contribution in [2.75, 3.05) is 0 Å². The average molecular weight is 242 g/mol. The number of pyridine rings is 1. The Kier molecular flexibility index (Phi) is 3.87. The maximum atomic E-state index is 8.98. The minimum absolute atomic E-state index is 0.499. The highest BCUT2D eigenvalue weighted by molar-refractivity contribution is 5.69. The normalized spacial score (nSPS) is 11.3. The van der Waals surface area contributed by atoms with Crippen LogP contribution in [0.2, 0.25) is 0 Å². The van der Waals surface area contributed by atoms with E-state index < -0.39 is 6.29 Å². The molecule has 3 nitrogen and oxygen atoms in total. The molecule has 0 aliphatic rings. The van der Waals surface area contributed by atoms with Crippen LogP contribution >= 0.6 is 0 Å². The molecule has 0 atom stereocenters. The lowest BCUT2D eigenvalue weighted by molar-refractivity contribution is -0.671. The lowest BCUT2D eigenvalue weighted by Crippen LogP contribution is -2.25. The van der Waals surface area contributed by atoms with E-state index in [4.69, 9.17) is 10.2 Å². The quantitative estimate of drug-likeness (QED) is 0.635. The van der Waals surface area contributed by atoms with Gasteiger partial charge in [0.05, 0.1) is 0 Å². The number of aromatic nitrogens is 1. The van der Waals surface area contributed by atoms with Crippen molar-refractivity contribution >= 4 is 12.2 Å². The van der Waals surface area contributed by atoms with Crippen molar-refractivity contribution in [3.8, 4) is 0 Å². The zero-order chi connectivity index (χ0) is 13.0. The van der Waals surface area contributed by atoms with Gasteiger partial charge in [0.25, 0.3) is 0 Å². The molecule has 0 bridgehead atoms. The van der Waals surface area contributed by atoms with Crippen molar-refractivity contribution in [1.82, 2.24) is 0 Å². The van der Waals surface area contributed by atoms with Crippen LogP contribution in [0.15, 0.2) is 48.8 Å². The molecule has 18 heavy (non-hydrogen) atoms. The molecule has 1 aromatic carbocycles. The number of aryl methyl sites for hydroxylation is 1. The highest BCUT2D eigenvalue weighted by Gasteiger charge is 2.00. The zero-order valence-corrected chi connectivity index (χ0v) is 10.2. The van der Waals surface area contributed by atoms with E-state index in [-0.39, 0.29) is 0 Å². The fourth-order valence-corrected chi connectivity index (χ4v) is 1.60. The molecule has 0 fully saturated rings. The Bertz CT molecular complexity index is 527. The summed E-state index contributed by atoms with van der Waals surface area (Å²) in [5.74, 6) is 0. The predicted molar refractivity (Wildman–Crippen MR) is 70.2 cm³/mol. The summed E-state index contributed by atoms with van der Waals surface area (Å²) < 4.78 is 1.98. The highest BCUT2D eigenvalue weighted by atomic mass is 16.5. The number of aliphatic hydroxyl groups is 2. The third-order valence-corrected chi connectivity index (χ3v) is 2.71. The summed E-state index contributed by atoms with van der Waals surface area (Å²) in [7, 11) is 1.98. The lowest BCUT2D eigenvalue weighted by atomic mass is 10.1. The second-order valence-electron chi connectivity index (χ2n) is 4.17. The zero-order valence-electron chi connectivity index (χ0n) is 10.2. The van der Waals surface area contributed by atoms with Crippen molar-refractivity contribution < 1.29 is 14.8 Å². The van der Waals surface area contributed by atoms with Crippen LogP contribution in [-0.4, -0.2) is 10.2 Å². The number of aliphatic hydroxyl groups excluding tert-OH is 1. The number of hydrogen-bond donors (Lipinski definition) is 2. The summed E-state index contributed by atoms with van der Waals surface area (Å²) in [5.41, 5.74) is 2.64. The molecular weight excluding hydrogens is 226 g/mol. The van der Waals surface area contributed by atoms with Crippen LogP contribution in [0.5, 0.6) is 0 Å². The molecule has 0 amide bonds. The Morgan fingerprint density at radius 3 is 1.89 bits per heavy atom. The van der Waals surface area contributed by atoms with Gasteiger partial charge in [0.15, 0.2) is 18.7 Å². The first kappa shape index (κ1) is 12.5. The number of hydrogen-bond acceptors (Lipinski definition) is 2. The van der Waals surface area contributed by atoms with E-state index in [0.717, 1.165) is 11.1 Å². The molecule has 1 aromatic heterocycles. The van der Waals surface area contributed by atoms with E-state index in [1.165, 1.54) is 0 Å². The van der Waals surface area contributed by atoms with Gasteiger partial charge >= 0.3 is 0 Å². The van der Waals surface area contributed by atoms with E-state index in [0.29, 0.717) is 5.56 Å². The third-order valence-electron chi connectivity index (χ3n) is 2.71. The summed E-state index contributed by atoms with van der Waals surface area (Å²) in [4.78, 5) is 0. The van der Waals surface area contributed by atoms with Gasteiger partial charge in [0.1, 0.15) is 7.05 Å². The molecule has 92 valence electrons. The molecule has 1 heterocycles. The molecule has 0 aliphatic heterocycles. The first-order valence-corrected chi connectivity index (χ1v) is 5.74. The second-order valence-corrected chi connectivity index (χ2v) is 4.17. The van der Waals surface area contributed by atoms with Crippen molar-refractivity contribution in [1.29, 1.82) is 0 Å². The molecule has 0 spiro atoms. The van der Waals surface area contributed by atoms with Gasteiger partial charge in [-0.25, -0.2) is 4.57 Å². The van der Waals surface area contributed by atoms with E-state index >= 15 is 0 Å². The molecule has 0 saturated heterocycles. The second kappa shape index (κ2) is 5.58. The Labute approximate surface area is 106 Å². The van der Waals surface area contributed by atoms with Gasteiger partial charge in [-0.1, -0.05) is 36.4 Å². The fourth-order valence-electron chi connectivity index (χ4n) is 1.60. The smallest absolute Gasteiger partial charge is 0.178 e. The molecule has 3 heteroatoms. The average Bonchev–Trinajstić information content (AvgIpc) is 2.38. The first-order chi connectivity index (χ1) is 8.65. The van der Waals surface area contributed by atoms with Gasteiger partial charge < -0.3 is 10.2 Å². The predicted octanol–water partition coefficient (Wildman–Crippen LogP) is 1.66. The number of nitrogens with zero attached hydrogens (tertiary/aromatic N) is 1. The molecule has 2 rings (SSSR count). The Morgan fingerprint density at radius 2 is 1.39 bits per heavy atom. The minimum atomic E-state index is -1.41. The van der Waals surface area contributed by atoms with E-state index in [1.54, 1.807) is 12.1 Å². The highest BCUT2D eigenvalue weighted by Crippen LogP contribution is 2.13. The molecule has 2 aromatic rings. The van der Waals surface area contributed by atoms with Crippen molar-refractivity contribution in [3.05, 3.63) is 65.5 Å². The van der Waals surface area contributed by atoms with Crippen LogP contribution in [0.1, 0.15) is 23.0 Å². The van der Waals surface area contributed by atoms with Crippen LogP contribution in [0.25, 0.3) is 12.2 Å². The van der Waals surface area contributed by atoms with Gasteiger partial charge in [-0.15, -0.1) is 0 Å². The number of rotatable bonds is 3. The van der Waals surface area contributed by atoms with Crippen LogP contribution in [0.4, 0.5) is 0 Å². The summed E-state index contributed by atoms with van der Waals surface area (Å²) in [6, 6.07) is 11.2. The first-order valence-electron chi connectivity index (χ1n) is 5.74. The Hall–Kier alpha value is -1.97. The summed E-state index contributed by atoms with van der Waals surface area (Å²) in [6.45, 7) is 0. The summed E-state index contributed by atoms with van der Waals surface area (Å²) in [5, 5.41) is 18.0. The molecule has 0 saturated carbocycles. The summed E-state index contributed by atoms with van der Waals surface area (Å²) >= 11 is 0. The van der Waals surface area contributed by atoms with E-state index in [1.807, 2.05) is 60.4 Å². The van der Waals surface area contributed by atoms with Crippen molar-refractivity contribution in [2.24, 2.45) is 7.05 Å². The fraction of sp³-hybridized carbons (Fsp3) is 0.133. The maximum Gasteiger partial charge on any atom is 0.178 e. The van der Waals surface area contributed by atoms with Crippen LogP contribution < -0.4 is 4.57 Å². The molecule has 0 unspecified atom stereocenters. The summed E-state index contributed by atoms with van der Waals surface area (Å²) in [6.07, 6.45) is 6.58. The van der Waals surface area contributed by atoms with Crippen LogP contribution in [0, 0.1) is 0 Å². The van der Waals surface area contributed by atoms with Gasteiger partial charge in [0, 0.05) is 17.7 Å². The molecular formula is C15H16NO2+. The van der Waals surface area contributed by atoms with Crippen LogP contribution in [0.3, 0.4) is 0 Å². The van der Waals surface area contributed by atoms with E-state index in [9.17, 15) is 0 Å². The Balaban J connectivity index is 2.11. The van der Waals surface area contributed by atoms with Crippen molar-refractivity contribution in [3.63, 3.8) is 0 Å². The Morgan fingerprint density at radius 1 is 0.889 bits per heavy atom. The number of benzene rings is 1. The molecule has 0 radical (unpaired) electrons. The SMILES string of the molecule is C[n+]1ccc(C=Cc2ccc(C(O)O)cc2)cc1. The van der Waals surface area contributed by atoms with Crippen molar-refractivity contribution in [2.45, 2.75) is 6.29 Å². The van der Waals surface area contributed by atoms with Gasteiger partial charge in [-0.3, -0.25) is 0 Å². The maximum absolute atomic E-state index is 8.98. The van der Waals surface area contributed by atoms with Gasteiger partial charge in [-0.05, 0) is 11.1 Å².